The number of hydrogen-bond donors (Lipinski definition) is 1. The van der Waals surface area contributed by atoms with Gasteiger partial charge in [0, 0.05) is 29.5 Å². The van der Waals surface area contributed by atoms with Crippen molar-refractivity contribution in [2.24, 2.45) is 0 Å². The number of rotatable bonds is 7. The zero-order valence-corrected chi connectivity index (χ0v) is 17.1. The summed E-state index contributed by atoms with van der Waals surface area (Å²) in [5.74, 6) is 1.04. The fourth-order valence-electron chi connectivity index (χ4n) is 4.52. The van der Waals surface area contributed by atoms with Gasteiger partial charge in [-0.1, -0.05) is 91.7 Å². The first-order chi connectivity index (χ1) is 14.9. The number of hydrogen-bond acceptors (Lipinski definition) is 2. The van der Waals surface area contributed by atoms with Gasteiger partial charge >= 0.3 is 0 Å². The Hall–Kier alpha value is -3.17. The maximum absolute atomic E-state index is 9.09. The minimum Gasteiger partial charge on any atom is -0.396 e. The smallest absolute Gasteiger partial charge is 0.141 e. The lowest BCUT2D eigenvalue weighted by Crippen LogP contribution is -2.01. The first-order valence-corrected chi connectivity index (χ1v) is 10.8. The molecule has 0 saturated carbocycles. The van der Waals surface area contributed by atoms with Gasteiger partial charge in [-0.25, -0.2) is 4.98 Å². The number of aryl methyl sites for hydroxylation is 1. The summed E-state index contributed by atoms with van der Waals surface area (Å²) in [5.41, 5.74) is 3.46. The molecule has 0 amide bonds. The van der Waals surface area contributed by atoms with E-state index in [4.69, 9.17) is 10.1 Å². The summed E-state index contributed by atoms with van der Waals surface area (Å²) in [6.07, 6.45) is 4.13. The number of aliphatic hydroxyl groups is 1. The quantitative estimate of drug-likeness (QED) is 0.251. The standard InChI is InChI=1S/C27H26N2O/c30-19-11-2-1-10-18-29-26-24-17-9-7-15-22(24)21-14-6-8-16-23(21)25(26)28-27(29)20-12-4-3-5-13-20/h3-9,12-17,30H,1-2,10-11,18-19H2. The number of benzene rings is 4. The van der Waals surface area contributed by atoms with Gasteiger partial charge in [-0.15, -0.1) is 0 Å². The van der Waals surface area contributed by atoms with Crippen molar-refractivity contribution >= 4 is 32.6 Å². The molecule has 150 valence electrons. The molecular formula is C27H26N2O. The summed E-state index contributed by atoms with van der Waals surface area (Å²) < 4.78 is 2.42. The first kappa shape index (κ1) is 18.8. The predicted molar refractivity (Wildman–Crippen MR) is 126 cm³/mol. The summed E-state index contributed by atoms with van der Waals surface area (Å²) in [5, 5.41) is 14.1. The summed E-state index contributed by atoms with van der Waals surface area (Å²) in [4.78, 5) is 5.20. The van der Waals surface area contributed by atoms with Crippen LogP contribution >= 0.6 is 0 Å². The molecule has 1 N–H and O–H groups in total. The van der Waals surface area contributed by atoms with Gasteiger partial charge in [0.1, 0.15) is 5.82 Å². The van der Waals surface area contributed by atoms with Gasteiger partial charge in [0.25, 0.3) is 0 Å². The van der Waals surface area contributed by atoms with Gasteiger partial charge in [0.2, 0.25) is 0 Å². The maximum atomic E-state index is 9.09. The van der Waals surface area contributed by atoms with Crippen LogP contribution in [0.25, 0.3) is 44.0 Å². The number of unbranched alkanes of at least 4 members (excludes halogenated alkanes) is 3. The minimum atomic E-state index is 0.278. The van der Waals surface area contributed by atoms with Crippen LogP contribution in [0.2, 0.25) is 0 Å². The van der Waals surface area contributed by atoms with E-state index in [-0.39, 0.29) is 6.61 Å². The van der Waals surface area contributed by atoms with Crippen LogP contribution in [0.4, 0.5) is 0 Å². The maximum Gasteiger partial charge on any atom is 0.141 e. The third-order valence-electron chi connectivity index (χ3n) is 5.94. The molecular weight excluding hydrogens is 368 g/mol. The van der Waals surface area contributed by atoms with Crippen molar-refractivity contribution in [1.82, 2.24) is 9.55 Å². The molecule has 3 nitrogen and oxygen atoms in total. The number of aliphatic hydroxyl groups excluding tert-OH is 1. The van der Waals surface area contributed by atoms with Crippen LogP contribution in [0.5, 0.6) is 0 Å². The molecule has 0 aliphatic rings. The minimum absolute atomic E-state index is 0.278. The average molecular weight is 395 g/mol. The van der Waals surface area contributed by atoms with Gasteiger partial charge in [0.05, 0.1) is 11.0 Å². The molecule has 0 unspecified atom stereocenters. The molecule has 0 fully saturated rings. The molecule has 4 aromatic carbocycles. The molecule has 5 aromatic rings. The normalized spacial score (nSPS) is 11.6. The Balaban J connectivity index is 1.77. The van der Waals surface area contributed by atoms with Gasteiger partial charge in [0.15, 0.2) is 0 Å². The predicted octanol–water partition coefficient (Wildman–Crippen LogP) is 6.56. The molecule has 0 spiro atoms. The van der Waals surface area contributed by atoms with E-state index in [9.17, 15) is 0 Å². The number of fused-ring (bicyclic) bond motifs is 6. The zero-order valence-electron chi connectivity index (χ0n) is 17.1. The van der Waals surface area contributed by atoms with Crippen molar-refractivity contribution in [3.8, 4) is 11.4 Å². The van der Waals surface area contributed by atoms with Gasteiger partial charge in [-0.2, -0.15) is 0 Å². The van der Waals surface area contributed by atoms with Crippen LogP contribution in [-0.2, 0) is 6.54 Å². The van der Waals surface area contributed by atoms with Crippen molar-refractivity contribution in [3.63, 3.8) is 0 Å². The van der Waals surface area contributed by atoms with Crippen molar-refractivity contribution < 1.29 is 5.11 Å². The average Bonchev–Trinajstić information content (AvgIpc) is 3.20. The summed E-state index contributed by atoms with van der Waals surface area (Å²) in [6, 6.07) is 27.8. The van der Waals surface area contributed by atoms with Gasteiger partial charge in [-0.05, 0) is 23.6 Å². The van der Waals surface area contributed by atoms with E-state index in [2.05, 4.69) is 83.4 Å². The highest BCUT2D eigenvalue weighted by atomic mass is 16.2. The molecule has 0 saturated heterocycles. The Morgan fingerprint density at radius 2 is 1.23 bits per heavy atom. The molecule has 0 aliphatic carbocycles. The fraction of sp³-hybridized carbons (Fsp3) is 0.222. The lowest BCUT2D eigenvalue weighted by Gasteiger charge is -2.12. The van der Waals surface area contributed by atoms with Crippen LogP contribution in [0.1, 0.15) is 25.7 Å². The number of imidazole rings is 1. The third kappa shape index (κ3) is 3.25. The Morgan fingerprint density at radius 1 is 0.633 bits per heavy atom. The van der Waals surface area contributed by atoms with Crippen molar-refractivity contribution in [1.29, 1.82) is 0 Å². The van der Waals surface area contributed by atoms with E-state index >= 15 is 0 Å². The summed E-state index contributed by atoms with van der Waals surface area (Å²) >= 11 is 0. The Labute approximate surface area is 176 Å². The number of aromatic nitrogens is 2. The monoisotopic (exact) mass is 394 g/mol. The molecule has 0 atom stereocenters. The van der Waals surface area contributed by atoms with E-state index in [0.717, 1.165) is 49.1 Å². The van der Waals surface area contributed by atoms with E-state index in [0.29, 0.717) is 0 Å². The van der Waals surface area contributed by atoms with Crippen molar-refractivity contribution in [2.75, 3.05) is 6.61 Å². The Kier molecular flexibility index (Phi) is 5.20. The molecule has 0 bridgehead atoms. The second kappa shape index (κ2) is 8.29. The largest absolute Gasteiger partial charge is 0.396 e. The van der Waals surface area contributed by atoms with Crippen molar-refractivity contribution in [2.45, 2.75) is 32.2 Å². The van der Waals surface area contributed by atoms with E-state index in [1.807, 2.05) is 0 Å². The second-order valence-electron chi connectivity index (χ2n) is 7.88. The van der Waals surface area contributed by atoms with E-state index in [1.165, 1.54) is 27.1 Å². The Bertz CT molecular complexity index is 1300. The fourth-order valence-corrected chi connectivity index (χ4v) is 4.52. The topological polar surface area (TPSA) is 38.0 Å². The van der Waals surface area contributed by atoms with Crippen LogP contribution in [0.3, 0.4) is 0 Å². The van der Waals surface area contributed by atoms with Gasteiger partial charge in [-0.3, -0.25) is 0 Å². The highest BCUT2D eigenvalue weighted by Gasteiger charge is 2.18. The van der Waals surface area contributed by atoms with Crippen LogP contribution in [-0.4, -0.2) is 21.3 Å². The SMILES string of the molecule is OCCCCCCn1c(-c2ccccc2)nc2c3ccccc3c3ccccc3c21. The molecule has 3 heteroatoms. The first-order valence-electron chi connectivity index (χ1n) is 10.8. The van der Waals surface area contributed by atoms with Crippen molar-refractivity contribution in [3.05, 3.63) is 78.9 Å². The third-order valence-corrected chi connectivity index (χ3v) is 5.94. The lowest BCUT2D eigenvalue weighted by molar-refractivity contribution is 0.282. The van der Waals surface area contributed by atoms with E-state index < -0.39 is 0 Å². The van der Waals surface area contributed by atoms with Crippen LogP contribution in [0.15, 0.2) is 78.9 Å². The van der Waals surface area contributed by atoms with E-state index in [1.54, 1.807) is 0 Å². The second-order valence-corrected chi connectivity index (χ2v) is 7.88. The molecule has 30 heavy (non-hydrogen) atoms. The highest BCUT2D eigenvalue weighted by Crippen LogP contribution is 2.37. The molecule has 5 rings (SSSR count). The summed E-state index contributed by atoms with van der Waals surface area (Å²) in [6.45, 7) is 1.20. The highest BCUT2D eigenvalue weighted by molar-refractivity contribution is 6.23. The molecule has 0 radical (unpaired) electrons. The van der Waals surface area contributed by atoms with Crippen LogP contribution < -0.4 is 0 Å². The molecule has 1 aromatic heterocycles. The number of nitrogens with zero attached hydrogens (tertiary/aromatic N) is 2. The lowest BCUT2D eigenvalue weighted by atomic mass is 10.00. The zero-order chi connectivity index (χ0) is 20.3. The summed E-state index contributed by atoms with van der Waals surface area (Å²) in [7, 11) is 0. The molecule has 0 aliphatic heterocycles. The molecule has 1 heterocycles. The Morgan fingerprint density at radius 3 is 1.97 bits per heavy atom. The van der Waals surface area contributed by atoms with Gasteiger partial charge < -0.3 is 9.67 Å². The van der Waals surface area contributed by atoms with Crippen LogP contribution in [0, 0.1) is 0 Å².